The van der Waals surface area contributed by atoms with Crippen LogP contribution in [0.3, 0.4) is 0 Å². The van der Waals surface area contributed by atoms with Crippen LogP contribution in [0.4, 0.5) is 0 Å². The number of benzene rings is 1. The van der Waals surface area contributed by atoms with Crippen molar-refractivity contribution in [2.45, 2.75) is 6.92 Å². The van der Waals surface area contributed by atoms with E-state index in [1.165, 1.54) is 6.07 Å². The molecule has 1 aromatic heterocycles. The average Bonchev–Trinajstić information content (AvgIpc) is 2.58. The Balaban J connectivity index is 2.82. The maximum absolute atomic E-state index is 10.7. The van der Waals surface area contributed by atoms with Crippen molar-refractivity contribution in [3.63, 3.8) is 0 Å². The number of hydrogen-bond donors (Lipinski definition) is 2. The molecule has 0 atom stereocenters. The van der Waals surface area contributed by atoms with E-state index in [9.17, 15) is 4.79 Å². The van der Waals surface area contributed by atoms with Crippen LogP contribution < -0.4 is 0 Å². The van der Waals surface area contributed by atoms with E-state index < -0.39 is 5.97 Å². The molecule has 0 spiro atoms. The predicted molar refractivity (Wildman–Crippen MR) is 60.0 cm³/mol. The first-order valence-electron chi connectivity index (χ1n) is 4.21. The largest absolute Gasteiger partial charge is 0.477 e. The summed E-state index contributed by atoms with van der Waals surface area (Å²) in [5.41, 5.74) is 1.60. The molecule has 1 aromatic carbocycles. The van der Waals surface area contributed by atoms with E-state index in [1.807, 2.05) is 6.92 Å². The van der Waals surface area contributed by atoms with Gasteiger partial charge in [-0.1, -0.05) is 23.2 Å². The lowest BCUT2D eigenvalue weighted by Gasteiger charge is -2.01. The maximum atomic E-state index is 10.7. The van der Waals surface area contributed by atoms with Crippen LogP contribution in [0.15, 0.2) is 12.1 Å². The molecule has 1 heterocycles. The van der Waals surface area contributed by atoms with Crippen molar-refractivity contribution in [1.82, 2.24) is 4.98 Å². The fourth-order valence-electron chi connectivity index (χ4n) is 1.45. The first-order chi connectivity index (χ1) is 7.00. The number of aromatic nitrogens is 1. The number of H-pyrrole nitrogens is 1. The van der Waals surface area contributed by atoms with E-state index in [0.29, 0.717) is 20.9 Å². The molecule has 0 aliphatic rings. The Morgan fingerprint density at radius 1 is 1.33 bits per heavy atom. The van der Waals surface area contributed by atoms with E-state index in [4.69, 9.17) is 28.3 Å². The number of fused-ring (bicyclic) bond motifs is 1. The van der Waals surface area contributed by atoms with Crippen LogP contribution in [0.2, 0.25) is 10.0 Å². The molecule has 0 aliphatic heterocycles. The number of halogens is 2. The number of carboxylic acids is 1. The minimum absolute atomic E-state index is 0.105. The molecule has 78 valence electrons. The Labute approximate surface area is 95.6 Å². The van der Waals surface area contributed by atoms with Gasteiger partial charge in [0.2, 0.25) is 0 Å². The van der Waals surface area contributed by atoms with Gasteiger partial charge in [0.1, 0.15) is 5.69 Å². The molecule has 0 saturated carbocycles. The summed E-state index contributed by atoms with van der Waals surface area (Å²) in [6.07, 6.45) is 0. The molecule has 0 fully saturated rings. The molecule has 3 nitrogen and oxygen atoms in total. The van der Waals surface area contributed by atoms with Crippen LogP contribution >= 0.6 is 23.2 Å². The van der Waals surface area contributed by atoms with E-state index in [0.717, 1.165) is 5.56 Å². The van der Waals surface area contributed by atoms with Crippen molar-refractivity contribution in [3.8, 4) is 0 Å². The number of aromatic amines is 1. The maximum Gasteiger partial charge on any atom is 0.352 e. The summed E-state index contributed by atoms with van der Waals surface area (Å²) in [7, 11) is 0. The molecule has 15 heavy (non-hydrogen) atoms. The summed E-state index contributed by atoms with van der Waals surface area (Å²) in [5, 5.41) is 10.3. The molecule has 2 rings (SSSR count). The molecule has 2 aromatic rings. The highest BCUT2D eigenvalue weighted by atomic mass is 35.5. The third kappa shape index (κ3) is 1.58. The smallest absolute Gasteiger partial charge is 0.352 e. The SMILES string of the molecule is Cc1cc2[nH]c(C(=O)O)cc2c(Cl)c1Cl. The second kappa shape index (κ2) is 3.43. The predicted octanol–water partition coefficient (Wildman–Crippen LogP) is 3.48. The van der Waals surface area contributed by atoms with Gasteiger partial charge in [-0.2, -0.15) is 0 Å². The summed E-state index contributed by atoms with van der Waals surface area (Å²) < 4.78 is 0. The number of hydrogen-bond acceptors (Lipinski definition) is 1. The van der Waals surface area contributed by atoms with Crippen LogP contribution in [0.25, 0.3) is 10.9 Å². The van der Waals surface area contributed by atoms with Crippen LogP contribution in [-0.4, -0.2) is 16.1 Å². The Kier molecular flexibility index (Phi) is 2.37. The fourth-order valence-corrected chi connectivity index (χ4v) is 1.91. The van der Waals surface area contributed by atoms with E-state index in [2.05, 4.69) is 4.98 Å². The highest BCUT2D eigenvalue weighted by molar-refractivity contribution is 6.45. The Hall–Kier alpha value is -1.19. The highest BCUT2D eigenvalue weighted by Crippen LogP contribution is 2.33. The van der Waals surface area contributed by atoms with E-state index >= 15 is 0 Å². The summed E-state index contributed by atoms with van der Waals surface area (Å²) in [5.74, 6) is -1.02. The summed E-state index contributed by atoms with van der Waals surface area (Å²) >= 11 is 12.0. The molecule has 0 radical (unpaired) electrons. The minimum atomic E-state index is -1.02. The Morgan fingerprint density at radius 3 is 2.60 bits per heavy atom. The number of aromatic carboxylic acids is 1. The van der Waals surface area contributed by atoms with Gasteiger partial charge in [-0.3, -0.25) is 0 Å². The topological polar surface area (TPSA) is 53.1 Å². The molecular formula is C10H7Cl2NO2. The molecule has 5 heteroatoms. The van der Waals surface area contributed by atoms with Gasteiger partial charge in [0.15, 0.2) is 0 Å². The zero-order valence-electron chi connectivity index (χ0n) is 7.77. The summed E-state index contributed by atoms with van der Waals surface area (Å²) in [6, 6.07) is 3.25. The van der Waals surface area contributed by atoms with Crippen molar-refractivity contribution in [1.29, 1.82) is 0 Å². The molecule has 2 N–H and O–H groups in total. The fraction of sp³-hybridized carbons (Fsp3) is 0.100. The van der Waals surface area contributed by atoms with Gasteiger partial charge in [0, 0.05) is 10.9 Å². The van der Waals surface area contributed by atoms with Gasteiger partial charge in [0.25, 0.3) is 0 Å². The van der Waals surface area contributed by atoms with Crippen LogP contribution in [0.1, 0.15) is 16.1 Å². The van der Waals surface area contributed by atoms with Crippen LogP contribution in [-0.2, 0) is 0 Å². The van der Waals surface area contributed by atoms with Gasteiger partial charge in [-0.05, 0) is 24.6 Å². The van der Waals surface area contributed by atoms with Gasteiger partial charge >= 0.3 is 5.97 Å². The van der Waals surface area contributed by atoms with Gasteiger partial charge in [-0.25, -0.2) is 4.79 Å². The second-order valence-corrected chi connectivity index (χ2v) is 4.03. The number of nitrogens with one attached hydrogen (secondary N) is 1. The standard InChI is InChI=1S/C10H7Cl2NO2/c1-4-2-6-5(9(12)8(4)11)3-7(13-6)10(14)15/h2-3,13H,1H3,(H,14,15). The van der Waals surface area contributed by atoms with Crippen molar-refractivity contribution < 1.29 is 9.90 Å². The van der Waals surface area contributed by atoms with E-state index in [1.54, 1.807) is 6.07 Å². The lowest BCUT2D eigenvalue weighted by molar-refractivity contribution is 0.0691. The zero-order valence-corrected chi connectivity index (χ0v) is 9.28. The number of carbonyl (C=O) groups is 1. The molecule has 0 unspecified atom stereocenters. The van der Waals surface area contributed by atoms with E-state index in [-0.39, 0.29) is 5.69 Å². The van der Waals surface area contributed by atoms with Crippen molar-refractivity contribution in [3.05, 3.63) is 33.4 Å². The molecule has 0 saturated heterocycles. The quantitative estimate of drug-likeness (QED) is 0.806. The second-order valence-electron chi connectivity index (χ2n) is 3.27. The lowest BCUT2D eigenvalue weighted by Crippen LogP contribution is -1.94. The van der Waals surface area contributed by atoms with Crippen LogP contribution in [0.5, 0.6) is 0 Å². The van der Waals surface area contributed by atoms with Crippen molar-refractivity contribution >= 4 is 40.1 Å². The first-order valence-corrected chi connectivity index (χ1v) is 4.97. The van der Waals surface area contributed by atoms with Crippen molar-refractivity contribution in [2.75, 3.05) is 0 Å². The molecule has 0 amide bonds. The molecule has 0 bridgehead atoms. The third-order valence-electron chi connectivity index (χ3n) is 2.21. The number of carboxylic acid groups (broad SMARTS) is 1. The van der Waals surface area contributed by atoms with Gasteiger partial charge < -0.3 is 10.1 Å². The summed E-state index contributed by atoms with van der Waals surface area (Å²) in [4.78, 5) is 13.5. The monoisotopic (exact) mass is 243 g/mol. The molecule has 0 aliphatic carbocycles. The minimum Gasteiger partial charge on any atom is -0.477 e. The number of rotatable bonds is 1. The Morgan fingerprint density at radius 2 is 2.00 bits per heavy atom. The van der Waals surface area contributed by atoms with Gasteiger partial charge in [-0.15, -0.1) is 0 Å². The van der Waals surface area contributed by atoms with Crippen molar-refractivity contribution in [2.24, 2.45) is 0 Å². The molecular weight excluding hydrogens is 237 g/mol. The lowest BCUT2D eigenvalue weighted by atomic mass is 10.2. The first kappa shape index (κ1) is 10.3. The highest BCUT2D eigenvalue weighted by Gasteiger charge is 2.13. The third-order valence-corrected chi connectivity index (χ3v) is 3.19. The average molecular weight is 244 g/mol. The normalized spacial score (nSPS) is 10.9. The number of aryl methyl sites for hydroxylation is 1. The van der Waals surface area contributed by atoms with Crippen LogP contribution in [0, 0.1) is 6.92 Å². The van der Waals surface area contributed by atoms with Gasteiger partial charge in [0.05, 0.1) is 10.0 Å². The summed E-state index contributed by atoms with van der Waals surface area (Å²) in [6.45, 7) is 1.81. The zero-order chi connectivity index (χ0) is 11.2. The Bertz CT molecular complexity index is 560.